The molecule has 0 amide bonds. The van der Waals surface area contributed by atoms with E-state index >= 15 is 0 Å². The van der Waals surface area contributed by atoms with Gasteiger partial charge in [0.1, 0.15) is 6.10 Å². The minimum atomic E-state index is -0.810. The molecule has 90 valence electrons. The Hall–Kier alpha value is -1.95. The monoisotopic (exact) mass is 238 g/mol. The molecule has 6 heteroatoms. The highest BCUT2D eigenvalue weighted by Crippen LogP contribution is 2.25. The molecule has 1 aromatic heterocycles. The summed E-state index contributed by atoms with van der Waals surface area (Å²) in [6, 6.07) is 4.20. The summed E-state index contributed by atoms with van der Waals surface area (Å²) >= 11 is 0. The van der Waals surface area contributed by atoms with E-state index < -0.39 is 11.9 Å². The zero-order valence-corrected chi connectivity index (χ0v) is 9.35. The van der Waals surface area contributed by atoms with E-state index in [0.29, 0.717) is 5.56 Å². The molecule has 0 aliphatic rings. The molecule has 0 aliphatic carbocycles. The second-order valence-electron chi connectivity index (χ2n) is 3.48. The molecule has 0 radical (unpaired) electrons. The Balaban J connectivity index is 2.38. The van der Waals surface area contributed by atoms with Crippen LogP contribution in [0, 0.1) is 5.82 Å². The Labute approximate surface area is 96.8 Å². The highest BCUT2D eigenvalue weighted by molar-refractivity contribution is 5.55. The van der Waals surface area contributed by atoms with Crippen LogP contribution in [0.1, 0.15) is 18.9 Å². The van der Waals surface area contributed by atoms with Crippen LogP contribution in [0.5, 0.6) is 5.75 Å². The van der Waals surface area contributed by atoms with Gasteiger partial charge >= 0.3 is 0 Å². The first kappa shape index (κ1) is 11.5. The third-order valence-corrected chi connectivity index (χ3v) is 2.21. The first-order chi connectivity index (χ1) is 8.11. The largest absolute Gasteiger partial charge is 0.494 e. The number of hydrogen-bond acceptors (Lipinski definition) is 5. The molecule has 17 heavy (non-hydrogen) atoms. The second-order valence-corrected chi connectivity index (χ2v) is 3.48. The fourth-order valence-corrected chi connectivity index (χ4v) is 1.31. The van der Waals surface area contributed by atoms with Crippen molar-refractivity contribution >= 4 is 0 Å². The van der Waals surface area contributed by atoms with Gasteiger partial charge < -0.3 is 14.4 Å². The summed E-state index contributed by atoms with van der Waals surface area (Å²) in [5.74, 6) is 0.0216. The summed E-state index contributed by atoms with van der Waals surface area (Å²) < 4.78 is 23.0. The van der Waals surface area contributed by atoms with Crippen LogP contribution in [0.4, 0.5) is 4.39 Å². The van der Waals surface area contributed by atoms with E-state index in [-0.39, 0.29) is 17.5 Å². The fourth-order valence-electron chi connectivity index (χ4n) is 1.31. The van der Waals surface area contributed by atoms with Crippen molar-refractivity contribution in [2.24, 2.45) is 0 Å². The van der Waals surface area contributed by atoms with E-state index in [1.54, 1.807) is 0 Å². The van der Waals surface area contributed by atoms with E-state index in [1.165, 1.54) is 32.2 Å². The van der Waals surface area contributed by atoms with Crippen LogP contribution in [-0.2, 0) is 0 Å². The van der Waals surface area contributed by atoms with Crippen LogP contribution in [0.15, 0.2) is 22.7 Å². The van der Waals surface area contributed by atoms with E-state index in [4.69, 9.17) is 9.26 Å². The van der Waals surface area contributed by atoms with Crippen LogP contribution in [-0.4, -0.2) is 22.4 Å². The van der Waals surface area contributed by atoms with Crippen molar-refractivity contribution in [3.05, 3.63) is 29.8 Å². The number of aromatic nitrogens is 2. The van der Waals surface area contributed by atoms with Gasteiger partial charge in [-0.3, -0.25) is 0 Å². The predicted octanol–water partition coefficient (Wildman–Crippen LogP) is 1.94. The van der Waals surface area contributed by atoms with Gasteiger partial charge in [-0.05, 0) is 25.1 Å². The number of halogens is 1. The molecule has 0 spiro atoms. The van der Waals surface area contributed by atoms with Crippen LogP contribution in [0.25, 0.3) is 11.5 Å². The molecule has 0 saturated carbocycles. The third kappa shape index (κ3) is 2.26. The minimum Gasteiger partial charge on any atom is -0.494 e. The molecule has 0 bridgehead atoms. The molecule has 2 rings (SSSR count). The number of aliphatic hydroxyl groups is 1. The highest BCUT2D eigenvalue weighted by Gasteiger charge is 2.14. The van der Waals surface area contributed by atoms with Crippen molar-refractivity contribution in [1.82, 2.24) is 10.1 Å². The summed E-state index contributed by atoms with van der Waals surface area (Å²) in [6.07, 6.45) is -0.810. The summed E-state index contributed by atoms with van der Waals surface area (Å²) in [4.78, 5) is 3.98. The molecule has 0 fully saturated rings. The quantitative estimate of drug-likeness (QED) is 0.884. The molecule has 1 aromatic carbocycles. The number of nitrogens with zero attached hydrogens (tertiary/aromatic N) is 2. The average molecular weight is 238 g/mol. The molecular weight excluding hydrogens is 227 g/mol. The first-order valence-corrected chi connectivity index (χ1v) is 4.97. The summed E-state index contributed by atoms with van der Waals surface area (Å²) in [5.41, 5.74) is 0.530. The van der Waals surface area contributed by atoms with Gasteiger partial charge in [-0.25, -0.2) is 4.39 Å². The van der Waals surface area contributed by atoms with Crippen LogP contribution in [0.2, 0.25) is 0 Å². The lowest BCUT2D eigenvalue weighted by Crippen LogP contribution is -1.93. The molecule has 2 aromatic rings. The number of aliphatic hydroxyl groups excluding tert-OH is 1. The van der Waals surface area contributed by atoms with Crippen molar-refractivity contribution < 1.29 is 18.8 Å². The number of benzene rings is 1. The minimum absolute atomic E-state index is 0.0966. The summed E-state index contributed by atoms with van der Waals surface area (Å²) in [5, 5.41) is 12.9. The van der Waals surface area contributed by atoms with Crippen LogP contribution >= 0.6 is 0 Å². The van der Waals surface area contributed by atoms with E-state index in [9.17, 15) is 9.50 Å². The standard InChI is InChI=1S/C11H11FN2O3/c1-6(15)10-13-11(17-14-10)7-3-4-8(12)9(5-7)16-2/h3-6,15H,1-2H3. The fraction of sp³-hybridized carbons (Fsp3) is 0.273. The van der Waals surface area contributed by atoms with Gasteiger partial charge in [0.15, 0.2) is 17.4 Å². The SMILES string of the molecule is COc1cc(-c2nc(C(C)O)no2)ccc1F. The van der Waals surface area contributed by atoms with Gasteiger partial charge in [0.2, 0.25) is 0 Å². The van der Waals surface area contributed by atoms with Crippen LogP contribution < -0.4 is 4.74 Å². The number of methoxy groups -OCH3 is 1. The van der Waals surface area contributed by atoms with Crippen molar-refractivity contribution in [1.29, 1.82) is 0 Å². The number of rotatable bonds is 3. The molecule has 1 N–H and O–H groups in total. The Bertz CT molecular complexity index is 525. The molecule has 1 heterocycles. The molecule has 0 aliphatic heterocycles. The molecular formula is C11H11FN2O3. The van der Waals surface area contributed by atoms with E-state index in [1.807, 2.05) is 0 Å². The normalized spacial score (nSPS) is 12.5. The number of ether oxygens (including phenoxy) is 1. The topological polar surface area (TPSA) is 68.4 Å². The van der Waals surface area contributed by atoms with Crippen LogP contribution in [0.3, 0.4) is 0 Å². The molecule has 1 atom stereocenters. The molecule has 0 saturated heterocycles. The lowest BCUT2D eigenvalue weighted by molar-refractivity contribution is 0.184. The lowest BCUT2D eigenvalue weighted by atomic mass is 10.2. The van der Waals surface area contributed by atoms with Gasteiger partial charge in [-0.15, -0.1) is 0 Å². The van der Waals surface area contributed by atoms with Gasteiger partial charge in [0.25, 0.3) is 5.89 Å². The first-order valence-electron chi connectivity index (χ1n) is 4.97. The third-order valence-electron chi connectivity index (χ3n) is 2.21. The lowest BCUT2D eigenvalue weighted by Gasteiger charge is -2.02. The average Bonchev–Trinajstić information content (AvgIpc) is 2.79. The maximum atomic E-state index is 13.2. The van der Waals surface area contributed by atoms with Crippen molar-refractivity contribution in [2.45, 2.75) is 13.0 Å². The maximum absolute atomic E-state index is 13.2. The van der Waals surface area contributed by atoms with Gasteiger partial charge in [0.05, 0.1) is 7.11 Å². The Morgan fingerprint density at radius 3 is 2.82 bits per heavy atom. The maximum Gasteiger partial charge on any atom is 0.258 e. The smallest absolute Gasteiger partial charge is 0.258 e. The highest BCUT2D eigenvalue weighted by atomic mass is 19.1. The van der Waals surface area contributed by atoms with Gasteiger partial charge in [0, 0.05) is 5.56 Å². The van der Waals surface area contributed by atoms with Crippen molar-refractivity contribution in [3.63, 3.8) is 0 Å². The second kappa shape index (κ2) is 4.50. The predicted molar refractivity (Wildman–Crippen MR) is 56.9 cm³/mol. The van der Waals surface area contributed by atoms with E-state index in [2.05, 4.69) is 10.1 Å². The molecule has 1 unspecified atom stereocenters. The van der Waals surface area contributed by atoms with Crippen molar-refractivity contribution in [3.8, 4) is 17.2 Å². The Kier molecular flexibility index (Phi) is 3.06. The van der Waals surface area contributed by atoms with Gasteiger partial charge in [-0.2, -0.15) is 4.98 Å². The summed E-state index contributed by atoms with van der Waals surface area (Å²) in [6.45, 7) is 1.53. The summed E-state index contributed by atoms with van der Waals surface area (Å²) in [7, 11) is 1.37. The van der Waals surface area contributed by atoms with E-state index in [0.717, 1.165) is 0 Å². The Morgan fingerprint density at radius 1 is 1.47 bits per heavy atom. The Morgan fingerprint density at radius 2 is 2.24 bits per heavy atom. The zero-order valence-electron chi connectivity index (χ0n) is 9.35. The van der Waals surface area contributed by atoms with Crippen molar-refractivity contribution in [2.75, 3.05) is 7.11 Å². The zero-order chi connectivity index (χ0) is 12.4. The molecule has 5 nitrogen and oxygen atoms in total. The van der Waals surface area contributed by atoms with Gasteiger partial charge in [-0.1, -0.05) is 5.16 Å². The number of hydrogen-bond donors (Lipinski definition) is 1.